The van der Waals surface area contributed by atoms with Gasteiger partial charge in [-0.1, -0.05) is 24.3 Å². The molecule has 0 aliphatic heterocycles. The summed E-state index contributed by atoms with van der Waals surface area (Å²) in [4.78, 5) is 0. The monoisotopic (exact) mass is 329 g/mol. The predicted octanol–water partition coefficient (Wildman–Crippen LogP) is 2.27. The Balaban J connectivity index is 1.89. The second kappa shape index (κ2) is 7.63. The highest BCUT2D eigenvalue weighted by molar-refractivity contribution is 7.99. The van der Waals surface area contributed by atoms with Crippen LogP contribution in [0, 0.1) is 0 Å². The summed E-state index contributed by atoms with van der Waals surface area (Å²) in [7, 11) is -3.30. The molecule has 2 N–H and O–H groups in total. The molecule has 0 aromatic heterocycles. The van der Waals surface area contributed by atoms with Crippen molar-refractivity contribution in [2.24, 2.45) is 0 Å². The van der Waals surface area contributed by atoms with Crippen LogP contribution in [-0.2, 0) is 22.4 Å². The van der Waals surface area contributed by atoms with E-state index in [0.29, 0.717) is 5.25 Å². The molecule has 0 radical (unpaired) electrons. The van der Waals surface area contributed by atoms with Gasteiger partial charge in [-0.15, -0.1) is 0 Å². The lowest BCUT2D eigenvalue weighted by molar-refractivity contribution is 0.282. The molecule has 118 valence electrons. The fourth-order valence-electron chi connectivity index (χ4n) is 2.67. The molecule has 4 nitrogen and oxygen atoms in total. The molecular weight excluding hydrogens is 306 g/mol. The summed E-state index contributed by atoms with van der Waals surface area (Å²) in [5.74, 6) is 0.00116. The fourth-order valence-corrected chi connectivity index (χ4v) is 4.87. The standard InChI is InChI=1S/C15H23NO3S2/c1-20-15-8-6-14(7-9-15)16-21(18,19)11-13-4-2-12(10-17)3-5-13/h2-5,14-17H,6-11H2,1H3. The van der Waals surface area contributed by atoms with Gasteiger partial charge in [-0.05, 0) is 43.1 Å². The maximum atomic E-state index is 12.2. The number of thioether (sulfide) groups is 1. The summed E-state index contributed by atoms with van der Waals surface area (Å²) in [5.41, 5.74) is 1.54. The lowest BCUT2D eigenvalue weighted by Crippen LogP contribution is -2.38. The Hall–Kier alpha value is -0.560. The van der Waals surface area contributed by atoms with Crippen molar-refractivity contribution in [1.82, 2.24) is 4.72 Å². The average Bonchev–Trinajstić information content (AvgIpc) is 2.48. The largest absolute Gasteiger partial charge is 0.392 e. The van der Waals surface area contributed by atoms with Crippen molar-refractivity contribution in [3.05, 3.63) is 35.4 Å². The Morgan fingerprint density at radius 3 is 2.24 bits per heavy atom. The maximum Gasteiger partial charge on any atom is 0.216 e. The summed E-state index contributed by atoms with van der Waals surface area (Å²) in [6, 6.07) is 7.11. The molecule has 1 saturated carbocycles. The van der Waals surface area contributed by atoms with E-state index in [4.69, 9.17) is 5.11 Å². The zero-order chi connectivity index (χ0) is 15.3. The van der Waals surface area contributed by atoms with Gasteiger partial charge in [0, 0.05) is 11.3 Å². The van der Waals surface area contributed by atoms with E-state index in [2.05, 4.69) is 11.0 Å². The second-order valence-corrected chi connectivity index (χ2v) is 8.45. The zero-order valence-corrected chi connectivity index (χ0v) is 13.9. The Morgan fingerprint density at radius 2 is 1.71 bits per heavy atom. The van der Waals surface area contributed by atoms with Crippen molar-refractivity contribution in [2.45, 2.75) is 49.3 Å². The van der Waals surface area contributed by atoms with Crippen LogP contribution >= 0.6 is 11.8 Å². The van der Waals surface area contributed by atoms with Gasteiger partial charge < -0.3 is 5.11 Å². The van der Waals surface area contributed by atoms with Crippen LogP contribution in [0.5, 0.6) is 0 Å². The third kappa shape index (κ3) is 5.29. The molecule has 0 bridgehead atoms. The molecule has 1 aromatic carbocycles. The van der Waals surface area contributed by atoms with Gasteiger partial charge in [0.2, 0.25) is 10.0 Å². The van der Waals surface area contributed by atoms with Gasteiger partial charge in [-0.25, -0.2) is 13.1 Å². The number of aliphatic hydroxyl groups is 1. The van der Waals surface area contributed by atoms with Gasteiger partial charge in [-0.3, -0.25) is 0 Å². The highest BCUT2D eigenvalue weighted by atomic mass is 32.2. The van der Waals surface area contributed by atoms with Gasteiger partial charge in [0.25, 0.3) is 0 Å². The first kappa shape index (κ1) is 16.8. The van der Waals surface area contributed by atoms with E-state index in [9.17, 15) is 8.42 Å². The van der Waals surface area contributed by atoms with Crippen molar-refractivity contribution >= 4 is 21.8 Å². The minimum Gasteiger partial charge on any atom is -0.392 e. The number of sulfonamides is 1. The van der Waals surface area contributed by atoms with E-state index in [1.807, 2.05) is 11.8 Å². The van der Waals surface area contributed by atoms with E-state index < -0.39 is 10.0 Å². The molecule has 1 fully saturated rings. The van der Waals surface area contributed by atoms with Crippen molar-refractivity contribution < 1.29 is 13.5 Å². The average molecular weight is 329 g/mol. The summed E-state index contributed by atoms with van der Waals surface area (Å²) in [5, 5.41) is 9.66. The van der Waals surface area contributed by atoms with Crippen molar-refractivity contribution in [2.75, 3.05) is 6.26 Å². The number of rotatable bonds is 6. The zero-order valence-electron chi connectivity index (χ0n) is 12.3. The van der Waals surface area contributed by atoms with Crippen LogP contribution in [0.2, 0.25) is 0 Å². The first-order valence-corrected chi connectivity index (χ1v) is 10.2. The molecule has 1 aliphatic rings. The van der Waals surface area contributed by atoms with E-state index >= 15 is 0 Å². The number of hydrogen-bond acceptors (Lipinski definition) is 4. The van der Waals surface area contributed by atoms with E-state index in [-0.39, 0.29) is 18.4 Å². The third-order valence-corrected chi connectivity index (χ3v) is 6.46. The lowest BCUT2D eigenvalue weighted by atomic mass is 9.96. The van der Waals surface area contributed by atoms with Crippen LogP contribution in [0.25, 0.3) is 0 Å². The van der Waals surface area contributed by atoms with Crippen LogP contribution in [-0.4, -0.2) is 31.1 Å². The highest BCUT2D eigenvalue weighted by Crippen LogP contribution is 2.27. The van der Waals surface area contributed by atoms with E-state index in [0.717, 1.165) is 36.8 Å². The SMILES string of the molecule is CSC1CCC(NS(=O)(=O)Cc2ccc(CO)cc2)CC1. The van der Waals surface area contributed by atoms with E-state index in [1.54, 1.807) is 24.3 Å². The molecule has 2 rings (SSSR count). The van der Waals surface area contributed by atoms with Gasteiger partial charge in [-0.2, -0.15) is 11.8 Å². The van der Waals surface area contributed by atoms with Gasteiger partial charge >= 0.3 is 0 Å². The normalized spacial score (nSPS) is 23.1. The Labute approximate surface area is 131 Å². The van der Waals surface area contributed by atoms with Gasteiger partial charge in [0.05, 0.1) is 12.4 Å². The first-order chi connectivity index (χ1) is 10.0. The topological polar surface area (TPSA) is 66.4 Å². The quantitative estimate of drug-likeness (QED) is 0.840. The predicted molar refractivity (Wildman–Crippen MR) is 87.7 cm³/mol. The van der Waals surface area contributed by atoms with Crippen molar-refractivity contribution in [1.29, 1.82) is 0 Å². The van der Waals surface area contributed by atoms with Gasteiger partial charge in [0.15, 0.2) is 0 Å². The minimum absolute atomic E-state index is 0.00116. The third-order valence-electron chi connectivity index (χ3n) is 3.92. The Kier molecular flexibility index (Phi) is 6.10. The Bertz CT molecular complexity index is 535. The Morgan fingerprint density at radius 1 is 1.14 bits per heavy atom. The molecule has 21 heavy (non-hydrogen) atoms. The number of hydrogen-bond donors (Lipinski definition) is 2. The number of aliphatic hydroxyl groups excluding tert-OH is 1. The van der Waals surface area contributed by atoms with Gasteiger partial charge in [0.1, 0.15) is 0 Å². The summed E-state index contributed by atoms with van der Waals surface area (Å²) >= 11 is 1.87. The molecule has 0 unspecified atom stereocenters. The minimum atomic E-state index is -3.30. The molecule has 1 aromatic rings. The molecular formula is C15H23NO3S2. The number of nitrogens with one attached hydrogen (secondary N) is 1. The smallest absolute Gasteiger partial charge is 0.216 e. The first-order valence-electron chi connectivity index (χ1n) is 7.24. The summed E-state index contributed by atoms with van der Waals surface area (Å²) < 4.78 is 27.2. The molecule has 0 amide bonds. The van der Waals surface area contributed by atoms with Crippen LogP contribution in [0.15, 0.2) is 24.3 Å². The summed E-state index contributed by atoms with van der Waals surface area (Å²) in [6.45, 7) is -0.0238. The van der Waals surface area contributed by atoms with Crippen molar-refractivity contribution in [3.8, 4) is 0 Å². The molecule has 0 saturated heterocycles. The molecule has 6 heteroatoms. The van der Waals surface area contributed by atoms with Crippen LogP contribution in [0.4, 0.5) is 0 Å². The van der Waals surface area contributed by atoms with Crippen molar-refractivity contribution in [3.63, 3.8) is 0 Å². The van der Waals surface area contributed by atoms with Crippen LogP contribution in [0.1, 0.15) is 36.8 Å². The summed E-state index contributed by atoms with van der Waals surface area (Å²) in [6.07, 6.45) is 6.13. The highest BCUT2D eigenvalue weighted by Gasteiger charge is 2.24. The molecule has 0 atom stereocenters. The van der Waals surface area contributed by atoms with Crippen LogP contribution in [0.3, 0.4) is 0 Å². The second-order valence-electron chi connectivity index (χ2n) is 5.56. The molecule has 0 spiro atoms. The fraction of sp³-hybridized carbons (Fsp3) is 0.600. The maximum absolute atomic E-state index is 12.2. The number of benzene rings is 1. The molecule has 0 heterocycles. The molecule has 1 aliphatic carbocycles. The van der Waals surface area contributed by atoms with E-state index in [1.165, 1.54) is 0 Å². The van der Waals surface area contributed by atoms with Crippen LogP contribution < -0.4 is 4.72 Å². The lowest BCUT2D eigenvalue weighted by Gasteiger charge is -2.27.